The molecule has 102 valence electrons. The number of rotatable bonds is 1. The highest BCUT2D eigenvalue weighted by atomic mass is 127. The molecule has 5 nitrogen and oxygen atoms in total. The molecule has 0 N–H and O–H groups in total. The molecule has 0 spiro atoms. The van der Waals surface area contributed by atoms with Crippen LogP contribution in [0.25, 0.3) is 0 Å². The first-order valence-electron chi connectivity index (χ1n) is 6.22. The van der Waals surface area contributed by atoms with E-state index in [1.807, 2.05) is 20.8 Å². The van der Waals surface area contributed by atoms with Crippen molar-refractivity contribution in [3.05, 3.63) is 10.3 Å². The zero-order valence-electron chi connectivity index (χ0n) is 11.1. The van der Waals surface area contributed by atoms with Crippen LogP contribution in [0.15, 0.2) is 13.5 Å². The maximum absolute atomic E-state index is 11.9. The van der Waals surface area contributed by atoms with Gasteiger partial charge in [0.15, 0.2) is 0 Å². The van der Waals surface area contributed by atoms with Crippen LogP contribution in [0.2, 0.25) is 0 Å². The zero-order valence-corrected chi connectivity index (χ0v) is 13.3. The second-order valence-electron chi connectivity index (χ2n) is 5.53. The van der Waals surface area contributed by atoms with Gasteiger partial charge >= 0.3 is 6.09 Å². The van der Waals surface area contributed by atoms with Crippen LogP contribution in [0.5, 0.6) is 0 Å². The maximum Gasteiger partial charge on any atom is 0.410 e. The predicted octanol–water partition coefficient (Wildman–Crippen LogP) is 3.24. The Balaban J connectivity index is 1.81. The Morgan fingerprint density at radius 3 is 2.56 bits per heavy atom. The van der Waals surface area contributed by atoms with Crippen LogP contribution >= 0.6 is 21.0 Å². The number of halogens is 1. The minimum Gasteiger partial charge on any atom is -0.444 e. The van der Waals surface area contributed by atoms with Gasteiger partial charge in [0, 0.05) is 44.4 Å². The summed E-state index contributed by atoms with van der Waals surface area (Å²) in [5.41, 5.74) is -0.411. The standard InChI is InChI=1S/C12H20IN3O2/c1-12(2,3)18-11(17)15-7-4-10(5-8-15)16-9-6-13-14-16/h6,9-10H,4-5,7-8H2,1-3H3. The quantitative estimate of drug-likeness (QED) is 0.671. The number of piperidine rings is 1. The summed E-state index contributed by atoms with van der Waals surface area (Å²) in [4.78, 5) is 13.7. The van der Waals surface area contributed by atoms with Crippen LogP contribution < -0.4 is 0 Å². The molecule has 0 unspecified atom stereocenters. The summed E-state index contributed by atoms with van der Waals surface area (Å²) < 4.78 is 12.0. The van der Waals surface area contributed by atoms with Crippen molar-refractivity contribution in [1.29, 1.82) is 0 Å². The van der Waals surface area contributed by atoms with Crippen molar-refractivity contribution in [2.24, 2.45) is 3.25 Å². The fourth-order valence-corrected chi connectivity index (χ4v) is 3.41. The van der Waals surface area contributed by atoms with E-state index in [0.29, 0.717) is 6.04 Å². The molecule has 0 bridgehead atoms. The van der Waals surface area contributed by atoms with E-state index in [-0.39, 0.29) is 27.1 Å². The first-order valence-corrected chi connectivity index (χ1v) is 8.43. The SMILES string of the molecule is CC(C)(C)OC(=O)N1CCC(N2C=CI=N2)CC1. The van der Waals surface area contributed by atoms with E-state index in [0.717, 1.165) is 25.9 Å². The van der Waals surface area contributed by atoms with Crippen LogP contribution in [0, 0.1) is 0 Å². The first-order chi connectivity index (χ1) is 8.46. The molecule has 0 atom stereocenters. The van der Waals surface area contributed by atoms with Crippen molar-refractivity contribution in [3.8, 4) is 0 Å². The lowest BCUT2D eigenvalue weighted by atomic mass is 10.1. The average Bonchev–Trinajstić information content (AvgIpc) is 2.80. The third-order valence-electron chi connectivity index (χ3n) is 2.89. The third kappa shape index (κ3) is 3.66. The fraction of sp³-hybridized carbons (Fsp3) is 0.750. The van der Waals surface area contributed by atoms with Crippen LogP contribution in [0.3, 0.4) is 0 Å². The highest BCUT2D eigenvalue weighted by molar-refractivity contribution is 14.2. The lowest BCUT2D eigenvalue weighted by Gasteiger charge is -2.35. The normalized spacial score (nSPS) is 21.1. The number of likely N-dealkylation sites (tertiary alicyclic amines) is 1. The van der Waals surface area contributed by atoms with E-state index >= 15 is 0 Å². The monoisotopic (exact) mass is 365 g/mol. The molecule has 0 radical (unpaired) electrons. The molecule has 2 rings (SSSR count). The molecule has 1 saturated heterocycles. The number of hydrogen-bond donors (Lipinski definition) is 0. The Morgan fingerprint density at radius 1 is 1.39 bits per heavy atom. The van der Waals surface area contributed by atoms with E-state index < -0.39 is 5.60 Å². The van der Waals surface area contributed by atoms with Gasteiger partial charge in [-0.2, -0.15) is 0 Å². The Hall–Kier alpha value is -0.660. The number of hydrogen-bond acceptors (Lipinski definition) is 4. The lowest BCUT2D eigenvalue weighted by molar-refractivity contribution is 0.0168. The first kappa shape index (κ1) is 13.8. The molecule has 2 aliphatic heterocycles. The van der Waals surface area contributed by atoms with Crippen molar-refractivity contribution in [1.82, 2.24) is 9.91 Å². The Labute approximate surface area is 118 Å². The number of nitrogens with zero attached hydrogens (tertiary/aromatic N) is 3. The van der Waals surface area contributed by atoms with Crippen molar-refractivity contribution in [2.75, 3.05) is 13.1 Å². The minimum absolute atomic E-state index is 0.103. The van der Waals surface area contributed by atoms with Crippen LogP contribution in [0.4, 0.5) is 4.79 Å². The van der Waals surface area contributed by atoms with E-state index in [2.05, 4.69) is 18.5 Å². The number of ether oxygens (including phenoxy) is 1. The maximum atomic E-state index is 11.9. The molecule has 1 fully saturated rings. The van der Waals surface area contributed by atoms with Gasteiger partial charge in [-0.15, -0.1) is 3.25 Å². The van der Waals surface area contributed by atoms with Gasteiger partial charge in [0.2, 0.25) is 0 Å². The van der Waals surface area contributed by atoms with Crippen LogP contribution in [-0.2, 0) is 4.74 Å². The molecule has 18 heavy (non-hydrogen) atoms. The van der Waals surface area contributed by atoms with Crippen LogP contribution in [-0.4, -0.2) is 40.7 Å². The predicted molar refractivity (Wildman–Crippen MR) is 78.3 cm³/mol. The van der Waals surface area contributed by atoms with Gasteiger partial charge in [-0.25, -0.2) is 4.79 Å². The van der Waals surface area contributed by atoms with E-state index in [9.17, 15) is 4.79 Å². The number of amides is 1. The molecule has 0 aromatic heterocycles. The topological polar surface area (TPSA) is 45.1 Å². The van der Waals surface area contributed by atoms with E-state index in [1.165, 1.54) is 0 Å². The molecule has 1 amide bonds. The summed E-state index contributed by atoms with van der Waals surface area (Å²) in [7, 11) is 0. The van der Waals surface area contributed by atoms with Gasteiger partial charge in [-0.05, 0) is 33.6 Å². The second-order valence-corrected chi connectivity index (χ2v) is 7.23. The van der Waals surface area contributed by atoms with Gasteiger partial charge in [0.1, 0.15) is 5.60 Å². The molecule has 0 aromatic rings. The van der Waals surface area contributed by atoms with Crippen molar-refractivity contribution < 1.29 is 9.53 Å². The van der Waals surface area contributed by atoms with Gasteiger partial charge < -0.3 is 9.64 Å². The number of carbonyl (C=O) groups excluding carboxylic acids is 1. The zero-order chi connectivity index (χ0) is 13.2. The summed E-state index contributed by atoms with van der Waals surface area (Å²) >= 11 is -0.103. The molecule has 2 heterocycles. The summed E-state index contributed by atoms with van der Waals surface area (Å²) in [5.74, 6) is 0. The van der Waals surface area contributed by atoms with Gasteiger partial charge in [-0.3, -0.25) is 5.01 Å². The Bertz CT molecular complexity index is 356. The summed E-state index contributed by atoms with van der Waals surface area (Å²) in [5, 5.41) is 2.08. The Kier molecular flexibility index (Phi) is 4.24. The van der Waals surface area contributed by atoms with Gasteiger partial charge in [0.05, 0.1) is 6.04 Å². The highest BCUT2D eigenvalue weighted by Crippen LogP contribution is 2.25. The summed E-state index contributed by atoms with van der Waals surface area (Å²) in [6.45, 7) is 7.22. The van der Waals surface area contributed by atoms with Gasteiger partial charge in [0.25, 0.3) is 0 Å². The largest absolute Gasteiger partial charge is 0.444 e. The fourth-order valence-electron chi connectivity index (χ4n) is 2.01. The molecular formula is C12H20IN3O2. The molecular weight excluding hydrogens is 345 g/mol. The van der Waals surface area contributed by atoms with E-state index in [1.54, 1.807) is 4.90 Å². The van der Waals surface area contributed by atoms with Crippen LogP contribution in [0.1, 0.15) is 33.6 Å². The van der Waals surface area contributed by atoms with Crippen molar-refractivity contribution in [3.63, 3.8) is 0 Å². The van der Waals surface area contributed by atoms with E-state index in [4.69, 9.17) is 4.74 Å². The molecule has 2 aliphatic rings. The smallest absolute Gasteiger partial charge is 0.410 e. The van der Waals surface area contributed by atoms with Crippen molar-refractivity contribution in [2.45, 2.75) is 45.3 Å². The molecule has 0 aliphatic carbocycles. The van der Waals surface area contributed by atoms with Crippen molar-refractivity contribution >= 4 is 27.1 Å². The minimum atomic E-state index is -0.411. The lowest BCUT2D eigenvalue weighted by Crippen LogP contribution is -2.45. The van der Waals surface area contributed by atoms with Gasteiger partial charge in [-0.1, -0.05) is 0 Å². The summed E-state index contributed by atoms with van der Waals surface area (Å²) in [6, 6.07) is 0.460. The second kappa shape index (κ2) is 5.54. The molecule has 6 heteroatoms. The Morgan fingerprint density at radius 2 is 2.06 bits per heavy atom. The highest BCUT2D eigenvalue weighted by Gasteiger charge is 2.29. The molecule has 0 aromatic carbocycles. The summed E-state index contributed by atoms with van der Waals surface area (Å²) in [6.07, 6.45) is 3.83. The molecule has 0 saturated carbocycles. The number of carbonyl (C=O) groups is 1. The average molecular weight is 365 g/mol. The third-order valence-corrected chi connectivity index (χ3v) is 4.28.